The number of nitrogens with one attached hydrogen (secondary N) is 1. The summed E-state index contributed by atoms with van der Waals surface area (Å²) in [5, 5.41) is 59.6. The quantitative estimate of drug-likeness (QED) is 0.0211. The van der Waals surface area contributed by atoms with E-state index in [0.717, 1.165) is 122 Å². The lowest BCUT2D eigenvalue weighted by Crippen LogP contribution is -2.42. The third-order valence-corrected chi connectivity index (χ3v) is 29.7. The summed E-state index contributed by atoms with van der Waals surface area (Å²) in [7, 11) is 2.05. The van der Waals surface area contributed by atoms with E-state index in [0.29, 0.717) is 145 Å². The molecule has 0 amide bonds. The minimum atomic E-state index is -2.48. The Labute approximate surface area is 940 Å². The summed E-state index contributed by atoms with van der Waals surface area (Å²) in [6, 6.07) is 1.09. The number of alkyl halides is 4. The fraction of sp³-hybridized carbons (Fsp3) is 0.993. The molecule has 0 saturated heterocycles. The second-order valence-corrected chi connectivity index (χ2v) is 59.7. The minimum absolute atomic E-state index is 0.00463. The van der Waals surface area contributed by atoms with E-state index in [4.69, 9.17) is 28.3 Å². The topological polar surface area (TPSA) is 190 Å². The number of nitrogens with two attached hydrogens (primary N) is 2. The van der Waals surface area contributed by atoms with E-state index in [9.17, 15) is 38.0 Å². The number of hydrogen-bond acceptors (Lipinski definition) is 9. The van der Waals surface area contributed by atoms with Crippen LogP contribution >= 0.6 is 0 Å². The maximum atomic E-state index is 13.1. The smallest absolute Gasteiger partial charge is 0.254 e. The first-order chi connectivity index (χ1) is 66.8. The molecule has 11 N–H and O–H groups in total. The summed E-state index contributed by atoms with van der Waals surface area (Å²) < 4.78 is 51.7. The third-order valence-electron chi connectivity index (χ3n) is 29.7. The standard InChI is InChI=1S/C11H24O2.C10H18F2.C10H19N.C10H22O.C10H20.2C9H21N.2C9H20O.C9H20.C8H16F2.C8H19N.C8H18O.C8H18.C7H16/c1-9(2)5-6-11(13,8-12)7-10(3)4;1-7(2)5-9(8(3)4)6-10(9,11)12;1-8(2)7-10(5,11-6)9(3)4;1-8(2)6-10(5,7-11)9(3)4;1-8(2)7-10(5-6-10)9(3)4;1-7(2)6-9(10-5)8(3)4;2*1-7(2)6-9(5,10)8(3)4;1-7(2)5-9(6-10)8(3)4;1-8(2)6-5-7-9(3)4;1-6(2)5-8(9,10)7(3)4;2*1-6(2)5-8(9)7(3)4;1-7(2)5-6-8(3)4;1-6(2)5-7(3)4/h9-10,12-13H,5-8H2,1-4H3;7-8H,5-6H2,1-4H3;8-9H,7H2,1-5H3;8-9,11H,6-7H2,1-5H3;8-9H,5-7H2,1-4H3;7-10H,6H2,1-5H3;7-8H,6,10H2,1-5H3;7-8,10H,6H2,1-5H3;7-10H,5-6H2,1-4H3;8-9H,5-7H2,1-4H3;6-7H,5H2,1-4H3;6-8H,5,9H2,1-4H3;6-9H,5H2,1-4H3;7-8H,5-6H2,1-4H3;6-7H,5H2,1-4H3. The van der Waals surface area contributed by atoms with Crippen molar-refractivity contribution in [2.75, 3.05) is 26.9 Å². The maximum absolute atomic E-state index is 13.1. The Morgan fingerprint density at radius 1 is 0.349 bits per heavy atom. The highest BCUT2D eigenvalue weighted by Crippen LogP contribution is 2.67. The normalized spacial score (nSPS) is 17.0. The molecule has 0 bridgehead atoms. The molecule has 10 nitrogen and oxygen atoms in total. The molecule has 0 heterocycles. The fourth-order valence-corrected chi connectivity index (χ4v) is 17.8. The second-order valence-electron chi connectivity index (χ2n) is 59.7. The summed E-state index contributed by atoms with van der Waals surface area (Å²) in [5.41, 5.74) is 10.7. The average molecular weight is 2140 g/mol. The average Bonchev–Trinajstić information content (AvgIpc) is 1.55. The molecule has 2 rings (SSSR count). The van der Waals surface area contributed by atoms with Crippen LogP contribution in [0.3, 0.4) is 0 Å². The van der Waals surface area contributed by atoms with E-state index in [2.05, 4.69) is 377 Å². The summed E-state index contributed by atoms with van der Waals surface area (Å²) in [6.45, 7) is 145. The maximum Gasteiger partial charge on any atom is 0.254 e. The highest BCUT2D eigenvalue weighted by atomic mass is 19.3. The molecule has 0 aromatic rings. The van der Waals surface area contributed by atoms with Crippen LogP contribution in [-0.4, -0.2) is 110 Å². The third kappa shape index (κ3) is 113. The van der Waals surface area contributed by atoms with E-state index in [1.54, 1.807) is 13.8 Å². The zero-order valence-electron chi connectivity index (χ0n) is 114. The number of aliphatic hydroxyl groups excluding tert-OH is 4. The Hall–Kier alpha value is -1.15. The van der Waals surface area contributed by atoms with E-state index in [1.807, 2.05) is 69.4 Å². The van der Waals surface area contributed by atoms with Crippen molar-refractivity contribution >= 4 is 0 Å². The SMILES string of the molecule is CC(C)CC(C)(CO)C(C)C.CC(C)CC(C)(N)C(C)C.CC(C)CC(C)(O)C(C)C.CC(C)CC(C)C.CC(C)CC(CO)C(C)C.CC(C)CC(F)(F)C(C)C.CC(C)CC(N)C(C)C.CC(C)CC(O)C(C)C.CC(C)CC1(C(C)C)CC1.CC(C)CC1(C(C)C)CC1(F)F.CC(C)CCC(C)C.CC(C)CCC(O)(CO)CC(C)C.CC(C)CCCC(C)C.CNC(CC(C)C)C(C)C.[C-]#[N+]C(C)(CC(C)C)C(C)C. The van der Waals surface area contributed by atoms with Crippen LogP contribution in [-0.2, 0) is 0 Å². The zero-order valence-corrected chi connectivity index (χ0v) is 114. The van der Waals surface area contributed by atoms with Crippen molar-refractivity contribution < 1.29 is 48.2 Å². The molecule has 2 saturated carbocycles. The molecule has 0 spiro atoms. The van der Waals surface area contributed by atoms with Crippen LogP contribution in [0.5, 0.6) is 0 Å². The predicted molar refractivity (Wildman–Crippen MR) is 669 cm³/mol. The van der Waals surface area contributed by atoms with E-state index >= 15 is 0 Å². The number of rotatable bonds is 51. The molecule has 2 aliphatic rings. The number of aliphatic hydroxyl groups is 6. The molecule has 10 unspecified atom stereocenters. The monoisotopic (exact) mass is 2140 g/mol. The zero-order chi connectivity index (χ0) is 122. The van der Waals surface area contributed by atoms with Gasteiger partial charge in [-0.25, -0.2) is 24.1 Å². The van der Waals surface area contributed by atoms with E-state index in [-0.39, 0.29) is 53.9 Å². The first-order valence-corrected chi connectivity index (χ1v) is 62.1. The Bertz CT molecular complexity index is 2700. The molecule has 10 atom stereocenters. The van der Waals surface area contributed by atoms with Crippen molar-refractivity contribution in [3.63, 3.8) is 0 Å². The van der Waals surface area contributed by atoms with Gasteiger partial charge in [-0.05, 0) is 300 Å². The molecule has 0 aromatic heterocycles. The van der Waals surface area contributed by atoms with Crippen molar-refractivity contribution in [1.82, 2.24) is 5.32 Å². The van der Waals surface area contributed by atoms with Gasteiger partial charge >= 0.3 is 0 Å². The van der Waals surface area contributed by atoms with Gasteiger partial charge in [-0.1, -0.05) is 454 Å². The first kappa shape index (κ1) is 175. The summed E-state index contributed by atoms with van der Waals surface area (Å²) in [4.78, 5) is 3.71. The lowest BCUT2D eigenvalue weighted by molar-refractivity contribution is -0.0617. The molecular weight excluding hydrogens is 1850 g/mol. The predicted octanol–water partition coefficient (Wildman–Crippen LogP) is 41.5. The summed E-state index contributed by atoms with van der Waals surface area (Å²) in [5.74, 6) is 13.6. The van der Waals surface area contributed by atoms with Crippen molar-refractivity contribution in [1.29, 1.82) is 0 Å². The number of halogens is 4. The van der Waals surface area contributed by atoms with Gasteiger partial charge in [-0.15, -0.1) is 0 Å². The van der Waals surface area contributed by atoms with Gasteiger partial charge in [-0.2, -0.15) is 0 Å². The van der Waals surface area contributed by atoms with Crippen LogP contribution in [0, 0.1) is 206 Å². The van der Waals surface area contributed by atoms with Crippen molar-refractivity contribution in [2.24, 2.45) is 211 Å². The lowest BCUT2D eigenvalue weighted by Gasteiger charge is -2.33. The molecule has 0 aliphatic heterocycles. The molecule has 149 heavy (non-hydrogen) atoms. The molecule has 916 valence electrons. The van der Waals surface area contributed by atoms with Crippen molar-refractivity contribution in [3.05, 3.63) is 11.4 Å². The molecule has 0 aromatic carbocycles. The van der Waals surface area contributed by atoms with Crippen LogP contribution < -0.4 is 16.8 Å². The van der Waals surface area contributed by atoms with Gasteiger partial charge in [0.15, 0.2) is 0 Å². The van der Waals surface area contributed by atoms with E-state index in [1.165, 1.54) is 64.2 Å². The minimum Gasteiger partial charge on any atom is -0.396 e. The van der Waals surface area contributed by atoms with Crippen LogP contribution in [0.15, 0.2) is 0 Å². The molecule has 14 heteroatoms. The van der Waals surface area contributed by atoms with E-state index < -0.39 is 34.4 Å². The summed E-state index contributed by atoms with van der Waals surface area (Å²) >= 11 is 0. The van der Waals surface area contributed by atoms with Gasteiger partial charge in [0.1, 0.15) is 0 Å². The molecule has 0 radical (unpaired) electrons. The second kappa shape index (κ2) is 93.4. The van der Waals surface area contributed by atoms with Crippen LogP contribution in [0.25, 0.3) is 4.85 Å². The van der Waals surface area contributed by atoms with Gasteiger partial charge < -0.3 is 52.3 Å². The highest BCUT2D eigenvalue weighted by Gasteiger charge is 2.71. The van der Waals surface area contributed by atoms with Crippen LogP contribution in [0.2, 0.25) is 0 Å². The van der Waals surface area contributed by atoms with Crippen molar-refractivity contribution in [2.45, 2.75) is 643 Å². The van der Waals surface area contributed by atoms with Crippen LogP contribution in [0.1, 0.15) is 591 Å². The molecule has 2 fully saturated rings. The first-order valence-electron chi connectivity index (χ1n) is 62.1. The van der Waals surface area contributed by atoms with Gasteiger partial charge in [-0.3, -0.25) is 0 Å². The lowest BCUT2D eigenvalue weighted by atomic mass is 9.74. The number of nitrogens with zero attached hydrogens (tertiary/aromatic N) is 1. The highest BCUT2D eigenvalue weighted by molar-refractivity contribution is 5.11. The molecular formula is C135H292F4N4O6. The fourth-order valence-electron chi connectivity index (χ4n) is 17.8. The van der Waals surface area contributed by atoms with Crippen molar-refractivity contribution in [3.8, 4) is 0 Å². The Morgan fingerprint density at radius 3 is 0.819 bits per heavy atom. The van der Waals surface area contributed by atoms with Gasteiger partial charge in [0.05, 0.1) is 23.9 Å². The van der Waals surface area contributed by atoms with Gasteiger partial charge in [0.2, 0.25) is 5.54 Å². The van der Waals surface area contributed by atoms with Crippen LogP contribution in [0.4, 0.5) is 17.6 Å². The number of hydrogen-bond donors (Lipinski definition) is 9. The Kier molecular flexibility index (Phi) is 110. The Morgan fingerprint density at radius 2 is 0.698 bits per heavy atom. The Balaban J connectivity index is -0.000000121. The van der Waals surface area contributed by atoms with Gasteiger partial charge in [0, 0.05) is 74.3 Å². The largest absolute Gasteiger partial charge is 0.396 e. The summed E-state index contributed by atoms with van der Waals surface area (Å²) in [6.07, 6.45) is 24.5. The van der Waals surface area contributed by atoms with Gasteiger partial charge in [0.25, 0.3) is 11.8 Å². The molecule has 2 aliphatic carbocycles.